The van der Waals surface area contributed by atoms with Gasteiger partial charge in [0.25, 0.3) is 5.56 Å². The van der Waals surface area contributed by atoms with Gasteiger partial charge in [-0.3, -0.25) is 14.2 Å². The molecule has 0 bridgehead atoms. The SMILES string of the molecule is CCc1cc2c(=O)n(C(C)C(=O)c3ccccc3)c(SC)nc2s1. The smallest absolute Gasteiger partial charge is 0.263 e. The molecule has 0 saturated carbocycles. The van der Waals surface area contributed by atoms with Crippen LogP contribution in [0.4, 0.5) is 0 Å². The highest BCUT2D eigenvalue weighted by Gasteiger charge is 2.23. The van der Waals surface area contributed by atoms with Crippen molar-refractivity contribution in [2.24, 2.45) is 0 Å². The molecule has 3 rings (SSSR count). The first kappa shape index (κ1) is 16.9. The average Bonchev–Trinajstić information content (AvgIpc) is 3.04. The van der Waals surface area contributed by atoms with E-state index < -0.39 is 6.04 Å². The number of hydrogen-bond acceptors (Lipinski definition) is 5. The van der Waals surface area contributed by atoms with E-state index in [-0.39, 0.29) is 11.3 Å². The molecule has 0 saturated heterocycles. The van der Waals surface area contributed by atoms with Crippen molar-refractivity contribution in [2.45, 2.75) is 31.5 Å². The largest absolute Gasteiger partial charge is 0.292 e. The Morgan fingerprint density at radius 2 is 2.04 bits per heavy atom. The van der Waals surface area contributed by atoms with Crippen molar-refractivity contribution in [1.29, 1.82) is 0 Å². The lowest BCUT2D eigenvalue weighted by Crippen LogP contribution is -2.30. The van der Waals surface area contributed by atoms with E-state index in [1.807, 2.05) is 30.5 Å². The summed E-state index contributed by atoms with van der Waals surface area (Å²) in [5.74, 6) is -0.0832. The zero-order valence-corrected chi connectivity index (χ0v) is 15.4. The van der Waals surface area contributed by atoms with Crippen molar-refractivity contribution in [1.82, 2.24) is 9.55 Å². The Morgan fingerprint density at radius 1 is 1.33 bits per heavy atom. The summed E-state index contributed by atoms with van der Waals surface area (Å²) < 4.78 is 1.52. The molecule has 1 atom stereocenters. The summed E-state index contributed by atoms with van der Waals surface area (Å²) in [5, 5.41) is 1.18. The minimum Gasteiger partial charge on any atom is -0.292 e. The molecule has 0 aliphatic rings. The van der Waals surface area contributed by atoms with Crippen LogP contribution in [0, 0.1) is 0 Å². The van der Waals surface area contributed by atoms with Gasteiger partial charge in [0.2, 0.25) is 0 Å². The predicted octanol–water partition coefficient (Wildman–Crippen LogP) is 4.19. The number of rotatable bonds is 5. The molecule has 6 heteroatoms. The first-order valence-electron chi connectivity index (χ1n) is 7.75. The Morgan fingerprint density at radius 3 is 2.67 bits per heavy atom. The van der Waals surface area contributed by atoms with E-state index in [4.69, 9.17) is 0 Å². The van der Waals surface area contributed by atoms with Crippen molar-refractivity contribution < 1.29 is 4.79 Å². The third-order valence-corrected chi connectivity index (χ3v) is 5.80. The van der Waals surface area contributed by atoms with E-state index in [1.54, 1.807) is 30.4 Å². The van der Waals surface area contributed by atoms with E-state index in [0.29, 0.717) is 16.1 Å². The van der Waals surface area contributed by atoms with E-state index in [9.17, 15) is 9.59 Å². The van der Waals surface area contributed by atoms with Gasteiger partial charge in [-0.25, -0.2) is 4.98 Å². The van der Waals surface area contributed by atoms with Crippen molar-refractivity contribution in [3.05, 3.63) is 57.2 Å². The predicted molar refractivity (Wildman–Crippen MR) is 101 cm³/mol. The zero-order chi connectivity index (χ0) is 17.3. The third kappa shape index (κ3) is 2.91. The Bertz CT molecular complexity index is 945. The first-order valence-corrected chi connectivity index (χ1v) is 9.79. The Kier molecular flexibility index (Phi) is 4.87. The van der Waals surface area contributed by atoms with Gasteiger partial charge in [0.05, 0.1) is 11.4 Å². The Labute approximate surface area is 148 Å². The van der Waals surface area contributed by atoms with E-state index in [2.05, 4.69) is 11.9 Å². The van der Waals surface area contributed by atoms with Crippen LogP contribution in [0.3, 0.4) is 0 Å². The fourth-order valence-electron chi connectivity index (χ4n) is 2.65. The number of thioether (sulfide) groups is 1. The Balaban J connectivity index is 2.15. The minimum atomic E-state index is -0.593. The molecular weight excluding hydrogens is 340 g/mol. The number of nitrogens with zero attached hydrogens (tertiary/aromatic N) is 2. The number of carbonyl (C=O) groups excluding carboxylic acids is 1. The normalized spacial score (nSPS) is 12.5. The summed E-state index contributed by atoms with van der Waals surface area (Å²) in [5.41, 5.74) is 0.459. The lowest BCUT2D eigenvalue weighted by Gasteiger charge is -2.17. The number of ketones is 1. The molecule has 124 valence electrons. The third-order valence-electron chi connectivity index (χ3n) is 3.97. The highest BCUT2D eigenvalue weighted by molar-refractivity contribution is 7.98. The van der Waals surface area contributed by atoms with Crippen LogP contribution in [0.2, 0.25) is 0 Å². The topological polar surface area (TPSA) is 52.0 Å². The first-order chi connectivity index (χ1) is 11.6. The lowest BCUT2D eigenvalue weighted by molar-refractivity contribution is 0.0927. The van der Waals surface area contributed by atoms with Gasteiger partial charge in [-0.05, 0) is 25.7 Å². The van der Waals surface area contributed by atoms with Crippen LogP contribution in [0.5, 0.6) is 0 Å². The molecular formula is C18H18N2O2S2. The van der Waals surface area contributed by atoms with Gasteiger partial charge in [0, 0.05) is 10.4 Å². The van der Waals surface area contributed by atoms with Gasteiger partial charge in [-0.1, -0.05) is 49.0 Å². The van der Waals surface area contributed by atoms with E-state index in [1.165, 1.54) is 16.3 Å². The highest BCUT2D eigenvalue weighted by atomic mass is 32.2. The molecule has 0 radical (unpaired) electrons. The number of Topliss-reactive ketones (excluding diaryl/α,β-unsaturated/α-hetero) is 1. The second-order valence-corrected chi connectivity index (χ2v) is 7.35. The second kappa shape index (κ2) is 6.91. The summed E-state index contributed by atoms with van der Waals surface area (Å²) in [4.78, 5) is 32.2. The number of benzene rings is 1. The molecule has 4 nitrogen and oxygen atoms in total. The summed E-state index contributed by atoms with van der Waals surface area (Å²) in [6.45, 7) is 3.82. The number of aromatic nitrogens is 2. The second-order valence-electron chi connectivity index (χ2n) is 5.46. The van der Waals surface area contributed by atoms with Crippen LogP contribution in [0.1, 0.15) is 35.1 Å². The molecule has 0 fully saturated rings. The maximum absolute atomic E-state index is 13.0. The van der Waals surface area contributed by atoms with Gasteiger partial charge in [-0.2, -0.15) is 0 Å². The standard InChI is InChI=1S/C18H18N2O2S2/c1-4-13-10-14-16(24-13)19-18(23-3)20(17(14)22)11(2)15(21)12-8-6-5-7-9-12/h5-11H,4H2,1-3H3. The van der Waals surface area contributed by atoms with Crippen LogP contribution in [0.25, 0.3) is 10.2 Å². The van der Waals surface area contributed by atoms with Crippen LogP contribution in [0.15, 0.2) is 46.3 Å². The fraction of sp³-hybridized carbons (Fsp3) is 0.278. The molecule has 24 heavy (non-hydrogen) atoms. The van der Waals surface area contributed by atoms with Gasteiger partial charge < -0.3 is 0 Å². The van der Waals surface area contributed by atoms with Crippen molar-refractivity contribution in [3.8, 4) is 0 Å². The summed E-state index contributed by atoms with van der Waals surface area (Å²) in [7, 11) is 0. The van der Waals surface area contributed by atoms with Crippen molar-refractivity contribution >= 4 is 39.1 Å². The van der Waals surface area contributed by atoms with Crippen molar-refractivity contribution in [2.75, 3.05) is 6.26 Å². The molecule has 0 aliphatic carbocycles. The van der Waals surface area contributed by atoms with Crippen molar-refractivity contribution in [3.63, 3.8) is 0 Å². The fourth-order valence-corrected chi connectivity index (χ4v) is 4.28. The lowest BCUT2D eigenvalue weighted by atomic mass is 10.1. The number of aryl methyl sites for hydroxylation is 1. The van der Waals surface area contributed by atoms with E-state index >= 15 is 0 Å². The van der Waals surface area contributed by atoms with Crippen LogP contribution >= 0.6 is 23.1 Å². The number of carbonyl (C=O) groups is 1. The maximum atomic E-state index is 13.0. The van der Waals surface area contributed by atoms with Crippen LogP contribution in [-0.2, 0) is 6.42 Å². The van der Waals surface area contributed by atoms with Gasteiger partial charge in [0.15, 0.2) is 10.9 Å². The number of thiophene rings is 1. The summed E-state index contributed by atoms with van der Waals surface area (Å²) in [6, 6.07) is 10.4. The number of hydrogen-bond donors (Lipinski definition) is 0. The summed E-state index contributed by atoms with van der Waals surface area (Å²) >= 11 is 2.93. The van der Waals surface area contributed by atoms with Crippen LogP contribution in [-0.4, -0.2) is 21.6 Å². The summed E-state index contributed by atoms with van der Waals surface area (Å²) in [6.07, 6.45) is 2.74. The average molecular weight is 358 g/mol. The minimum absolute atomic E-state index is 0.0832. The molecule has 2 heterocycles. The highest BCUT2D eigenvalue weighted by Crippen LogP contribution is 2.26. The molecule has 0 aliphatic heterocycles. The van der Waals surface area contributed by atoms with Gasteiger partial charge >= 0.3 is 0 Å². The molecule has 1 aromatic carbocycles. The Hall–Kier alpha value is -1.92. The molecule has 0 N–H and O–H groups in total. The van der Waals surface area contributed by atoms with Gasteiger partial charge in [-0.15, -0.1) is 11.3 Å². The molecule has 2 aromatic heterocycles. The molecule has 3 aromatic rings. The molecule has 0 amide bonds. The zero-order valence-electron chi connectivity index (χ0n) is 13.8. The monoisotopic (exact) mass is 358 g/mol. The quantitative estimate of drug-likeness (QED) is 0.390. The maximum Gasteiger partial charge on any atom is 0.263 e. The van der Waals surface area contributed by atoms with Gasteiger partial charge in [0.1, 0.15) is 4.83 Å². The molecule has 1 unspecified atom stereocenters. The molecule has 0 spiro atoms. The van der Waals surface area contributed by atoms with E-state index in [0.717, 1.165) is 16.1 Å². The number of fused-ring (bicyclic) bond motifs is 1. The van der Waals surface area contributed by atoms with Crippen LogP contribution < -0.4 is 5.56 Å².